The molecule has 0 bridgehead atoms. The third-order valence-electron chi connectivity index (χ3n) is 4.59. The van der Waals surface area contributed by atoms with E-state index in [0.717, 1.165) is 0 Å². The highest BCUT2D eigenvalue weighted by atomic mass is 19.1. The summed E-state index contributed by atoms with van der Waals surface area (Å²) in [5.41, 5.74) is 2.35. The average Bonchev–Trinajstić information content (AvgIpc) is 3.37. The molecule has 1 unspecified atom stereocenters. The molecule has 1 saturated heterocycles. The van der Waals surface area contributed by atoms with Gasteiger partial charge in [0.25, 0.3) is 0 Å². The monoisotopic (exact) mass is 394 g/mol. The zero-order chi connectivity index (χ0) is 20.2. The van der Waals surface area contributed by atoms with Crippen LogP contribution in [0.15, 0.2) is 36.9 Å². The summed E-state index contributed by atoms with van der Waals surface area (Å²) in [6.45, 7) is 1.21. The molecule has 29 heavy (non-hydrogen) atoms. The van der Waals surface area contributed by atoms with Gasteiger partial charge in [0.05, 0.1) is 42.8 Å². The number of rotatable bonds is 6. The summed E-state index contributed by atoms with van der Waals surface area (Å²) in [6, 6.07) is 5.58. The van der Waals surface area contributed by atoms with Crippen LogP contribution in [0.1, 0.15) is 12.0 Å². The molecule has 4 heterocycles. The van der Waals surface area contributed by atoms with E-state index in [1.165, 1.54) is 0 Å². The van der Waals surface area contributed by atoms with Gasteiger partial charge in [0, 0.05) is 30.7 Å². The minimum absolute atomic E-state index is 0.000734. The highest BCUT2D eigenvalue weighted by Crippen LogP contribution is 2.27. The lowest BCUT2D eigenvalue weighted by atomic mass is 10.1. The Labute approximate surface area is 166 Å². The number of aliphatic hydroxyl groups is 1. The smallest absolute Gasteiger partial charge is 0.227 e. The summed E-state index contributed by atoms with van der Waals surface area (Å²) in [4.78, 5) is 14.9. The number of pyridine rings is 1. The maximum atomic E-state index is 13.5. The Hall–Kier alpha value is -3.58. The Balaban J connectivity index is 1.56. The fourth-order valence-electron chi connectivity index (χ4n) is 3.20. The highest BCUT2D eigenvalue weighted by molar-refractivity contribution is 5.67. The lowest BCUT2D eigenvalue weighted by Crippen LogP contribution is -2.22. The molecule has 0 amide bonds. The molecule has 1 fully saturated rings. The lowest BCUT2D eigenvalue weighted by molar-refractivity contribution is 0.269. The van der Waals surface area contributed by atoms with Crippen LogP contribution in [0.4, 0.5) is 21.8 Å². The first-order valence-electron chi connectivity index (χ1n) is 9.19. The van der Waals surface area contributed by atoms with E-state index in [0.29, 0.717) is 53.8 Å². The van der Waals surface area contributed by atoms with Crippen LogP contribution in [0.2, 0.25) is 0 Å². The van der Waals surface area contributed by atoms with Gasteiger partial charge in [0.2, 0.25) is 5.95 Å². The van der Waals surface area contributed by atoms with Crippen LogP contribution in [0.5, 0.6) is 0 Å². The summed E-state index contributed by atoms with van der Waals surface area (Å²) in [5, 5.41) is 25.7. The molecule has 10 heteroatoms. The number of hydrogen-bond donors (Lipinski definition) is 2. The lowest BCUT2D eigenvalue weighted by Gasteiger charge is -2.18. The van der Waals surface area contributed by atoms with Gasteiger partial charge in [-0.3, -0.25) is 4.68 Å². The molecule has 3 aromatic rings. The number of aromatic nitrogens is 5. The van der Waals surface area contributed by atoms with E-state index >= 15 is 0 Å². The first-order chi connectivity index (χ1) is 14.2. The average molecular weight is 394 g/mol. The van der Waals surface area contributed by atoms with E-state index in [9.17, 15) is 9.65 Å². The van der Waals surface area contributed by atoms with Gasteiger partial charge >= 0.3 is 0 Å². The van der Waals surface area contributed by atoms with Crippen LogP contribution in [-0.2, 0) is 6.54 Å². The molecular weight excluding hydrogens is 375 g/mol. The van der Waals surface area contributed by atoms with E-state index in [-0.39, 0.29) is 13.2 Å². The first kappa shape index (κ1) is 18.8. The van der Waals surface area contributed by atoms with Crippen molar-refractivity contribution in [3.05, 3.63) is 42.5 Å². The number of aliphatic hydroxyl groups excluding tert-OH is 1. The maximum absolute atomic E-state index is 13.5. The van der Waals surface area contributed by atoms with Crippen molar-refractivity contribution in [3.8, 4) is 17.3 Å². The highest BCUT2D eigenvalue weighted by Gasteiger charge is 2.25. The summed E-state index contributed by atoms with van der Waals surface area (Å²) in [6.07, 6.45) is 6.16. The zero-order valence-corrected chi connectivity index (χ0v) is 15.5. The van der Waals surface area contributed by atoms with Gasteiger partial charge in [-0.15, -0.1) is 0 Å². The molecule has 4 rings (SSSR count). The molecule has 0 spiro atoms. The van der Waals surface area contributed by atoms with Crippen molar-refractivity contribution in [2.45, 2.75) is 19.1 Å². The molecule has 1 aliphatic rings. The number of hydrogen-bond acceptors (Lipinski definition) is 8. The second kappa shape index (κ2) is 8.20. The van der Waals surface area contributed by atoms with Gasteiger partial charge in [-0.1, -0.05) is 0 Å². The van der Waals surface area contributed by atoms with Gasteiger partial charge in [0.1, 0.15) is 18.1 Å². The number of halogens is 1. The van der Waals surface area contributed by atoms with E-state index in [2.05, 4.69) is 31.4 Å². The van der Waals surface area contributed by atoms with Crippen LogP contribution in [0.25, 0.3) is 11.3 Å². The fourth-order valence-corrected chi connectivity index (χ4v) is 3.20. The van der Waals surface area contributed by atoms with E-state index in [1.54, 1.807) is 46.5 Å². The van der Waals surface area contributed by atoms with Crippen molar-refractivity contribution >= 4 is 17.5 Å². The normalized spacial score (nSPS) is 16.0. The Bertz CT molecular complexity index is 1050. The van der Waals surface area contributed by atoms with Crippen LogP contribution < -0.4 is 10.2 Å². The number of alkyl halides is 1. The van der Waals surface area contributed by atoms with Crippen molar-refractivity contribution in [3.63, 3.8) is 0 Å². The molecule has 0 radical (unpaired) electrons. The predicted molar refractivity (Wildman–Crippen MR) is 104 cm³/mol. The molecule has 9 nitrogen and oxygen atoms in total. The van der Waals surface area contributed by atoms with Crippen molar-refractivity contribution in [1.29, 1.82) is 5.26 Å². The standard InChI is InChI=1S/C19H19FN8O/c20-15-2-4-27(11-15)18-13(8-21)7-14(9-23-18)17-1-3-22-19(26-17)25-16-10-24-28(12-16)5-6-29/h1,3,7,9-10,12,15,29H,2,4-6,11H2,(H,22,25,26). The number of nitrogens with one attached hydrogen (secondary N) is 1. The van der Waals surface area contributed by atoms with Gasteiger partial charge in [0.15, 0.2) is 0 Å². The van der Waals surface area contributed by atoms with E-state index in [1.807, 2.05) is 0 Å². The largest absolute Gasteiger partial charge is 0.394 e. The van der Waals surface area contributed by atoms with Crippen LogP contribution >= 0.6 is 0 Å². The van der Waals surface area contributed by atoms with Gasteiger partial charge in [-0.2, -0.15) is 10.4 Å². The molecule has 2 N–H and O–H groups in total. The van der Waals surface area contributed by atoms with E-state index in [4.69, 9.17) is 5.11 Å². The third kappa shape index (κ3) is 4.14. The molecular formula is C19H19FN8O. The van der Waals surface area contributed by atoms with Gasteiger partial charge in [-0.25, -0.2) is 19.3 Å². The van der Waals surface area contributed by atoms with Crippen molar-refractivity contribution in [2.24, 2.45) is 0 Å². The molecule has 1 atom stereocenters. The zero-order valence-electron chi connectivity index (χ0n) is 15.5. The molecule has 0 aliphatic carbocycles. The molecule has 1 aliphatic heterocycles. The second-order valence-corrected chi connectivity index (χ2v) is 6.65. The third-order valence-corrected chi connectivity index (χ3v) is 4.59. The number of nitriles is 1. The number of nitrogens with zero attached hydrogens (tertiary/aromatic N) is 7. The molecule has 0 saturated carbocycles. The molecule has 3 aromatic heterocycles. The first-order valence-corrected chi connectivity index (χ1v) is 9.19. The Kier molecular flexibility index (Phi) is 5.31. The van der Waals surface area contributed by atoms with E-state index < -0.39 is 6.17 Å². The Morgan fingerprint density at radius 2 is 2.24 bits per heavy atom. The van der Waals surface area contributed by atoms with Crippen molar-refractivity contribution in [1.82, 2.24) is 24.7 Å². The maximum Gasteiger partial charge on any atom is 0.227 e. The minimum Gasteiger partial charge on any atom is -0.394 e. The quantitative estimate of drug-likeness (QED) is 0.651. The van der Waals surface area contributed by atoms with Gasteiger partial charge in [-0.05, 0) is 18.6 Å². The Morgan fingerprint density at radius 1 is 1.34 bits per heavy atom. The van der Waals surface area contributed by atoms with Gasteiger partial charge < -0.3 is 15.3 Å². The van der Waals surface area contributed by atoms with Crippen molar-refractivity contribution < 1.29 is 9.50 Å². The Morgan fingerprint density at radius 3 is 3.00 bits per heavy atom. The van der Waals surface area contributed by atoms with Crippen molar-refractivity contribution in [2.75, 3.05) is 29.9 Å². The topological polar surface area (TPSA) is 116 Å². The van der Waals surface area contributed by atoms with Crippen LogP contribution in [0.3, 0.4) is 0 Å². The van der Waals surface area contributed by atoms with Crippen LogP contribution in [-0.4, -0.2) is 55.7 Å². The fraction of sp³-hybridized carbons (Fsp3) is 0.316. The molecule has 0 aromatic carbocycles. The van der Waals surface area contributed by atoms with Crippen LogP contribution in [0, 0.1) is 11.3 Å². The molecule has 148 valence electrons. The SMILES string of the molecule is N#Cc1cc(-c2ccnc(Nc3cnn(CCO)c3)n2)cnc1N1CCC(F)C1. The second-order valence-electron chi connectivity index (χ2n) is 6.65. The summed E-state index contributed by atoms with van der Waals surface area (Å²) in [5.74, 6) is 0.869. The summed E-state index contributed by atoms with van der Waals surface area (Å²) in [7, 11) is 0. The number of anilines is 3. The summed E-state index contributed by atoms with van der Waals surface area (Å²) < 4.78 is 15.1. The summed E-state index contributed by atoms with van der Waals surface area (Å²) >= 11 is 0. The predicted octanol–water partition coefficient (Wildman–Crippen LogP) is 1.89. The minimum atomic E-state index is -0.889.